The summed E-state index contributed by atoms with van der Waals surface area (Å²) in [6, 6.07) is 6.87. The summed E-state index contributed by atoms with van der Waals surface area (Å²) in [5.41, 5.74) is 1.36. The van der Waals surface area contributed by atoms with Gasteiger partial charge in [0, 0.05) is 13.8 Å². The van der Waals surface area contributed by atoms with Crippen molar-refractivity contribution in [2.24, 2.45) is 0 Å². The SMILES string of the molecule is Oc1ccc(CC[SiH3])c(I)c1. The highest BCUT2D eigenvalue weighted by Gasteiger charge is 1.98. The van der Waals surface area contributed by atoms with Crippen LogP contribution < -0.4 is 0 Å². The molecule has 0 bridgehead atoms. The molecule has 60 valence electrons. The fourth-order valence-electron chi connectivity index (χ4n) is 1.01. The average molecular weight is 278 g/mol. The third kappa shape index (κ3) is 2.48. The zero-order valence-corrected chi connectivity index (χ0v) is 10.6. The van der Waals surface area contributed by atoms with Crippen molar-refractivity contribution in [1.82, 2.24) is 0 Å². The van der Waals surface area contributed by atoms with Crippen LogP contribution in [0, 0.1) is 3.57 Å². The number of hydrogen-bond donors (Lipinski definition) is 1. The molecule has 0 aromatic heterocycles. The van der Waals surface area contributed by atoms with Crippen molar-refractivity contribution < 1.29 is 5.11 Å². The highest BCUT2D eigenvalue weighted by atomic mass is 127. The van der Waals surface area contributed by atoms with Gasteiger partial charge in [-0.2, -0.15) is 0 Å². The maximum absolute atomic E-state index is 9.11. The van der Waals surface area contributed by atoms with Gasteiger partial charge in [0.15, 0.2) is 0 Å². The Morgan fingerprint density at radius 1 is 1.45 bits per heavy atom. The number of hydrogen-bond acceptors (Lipinski definition) is 1. The number of aryl methyl sites for hydroxylation is 1. The summed E-state index contributed by atoms with van der Waals surface area (Å²) in [4.78, 5) is 0. The molecule has 0 aliphatic carbocycles. The third-order valence-corrected chi connectivity index (χ3v) is 3.06. The Balaban J connectivity index is 2.90. The van der Waals surface area contributed by atoms with Gasteiger partial charge in [-0.1, -0.05) is 12.1 Å². The van der Waals surface area contributed by atoms with Crippen molar-refractivity contribution in [1.29, 1.82) is 0 Å². The summed E-state index contributed by atoms with van der Waals surface area (Å²) < 4.78 is 1.18. The first kappa shape index (κ1) is 9.06. The van der Waals surface area contributed by atoms with Gasteiger partial charge in [-0.3, -0.25) is 0 Å². The molecule has 0 aliphatic rings. The minimum Gasteiger partial charge on any atom is -0.508 e. The van der Waals surface area contributed by atoms with Gasteiger partial charge in [0.25, 0.3) is 0 Å². The fourth-order valence-corrected chi connectivity index (χ4v) is 2.32. The largest absolute Gasteiger partial charge is 0.508 e. The zero-order valence-electron chi connectivity index (χ0n) is 6.47. The maximum atomic E-state index is 9.11. The normalized spacial score (nSPS) is 10.3. The average Bonchev–Trinajstić information content (AvgIpc) is 1.95. The van der Waals surface area contributed by atoms with E-state index in [4.69, 9.17) is 5.11 Å². The number of aromatic hydroxyl groups is 1. The van der Waals surface area contributed by atoms with Crippen LogP contribution in [0.15, 0.2) is 18.2 Å². The lowest BCUT2D eigenvalue weighted by atomic mass is 10.2. The Morgan fingerprint density at radius 3 is 2.73 bits per heavy atom. The summed E-state index contributed by atoms with van der Waals surface area (Å²) in [7, 11) is 1.25. The first-order valence-corrected chi connectivity index (χ1v) is 6.20. The van der Waals surface area contributed by atoms with E-state index in [0.29, 0.717) is 5.75 Å². The first-order valence-electron chi connectivity index (χ1n) is 3.71. The number of phenols is 1. The molecule has 0 amide bonds. The van der Waals surface area contributed by atoms with Gasteiger partial charge in [0.2, 0.25) is 0 Å². The fraction of sp³-hybridized carbons (Fsp3) is 0.250. The molecule has 1 aromatic rings. The summed E-state index contributed by atoms with van der Waals surface area (Å²) in [5.74, 6) is 0.367. The van der Waals surface area contributed by atoms with Crippen molar-refractivity contribution in [3.05, 3.63) is 27.3 Å². The molecule has 11 heavy (non-hydrogen) atoms. The molecule has 0 fully saturated rings. The first-order chi connectivity index (χ1) is 5.24. The Bertz CT molecular complexity index is 250. The molecule has 0 saturated heterocycles. The van der Waals surface area contributed by atoms with Gasteiger partial charge < -0.3 is 5.11 Å². The second kappa shape index (κ2) is 4.11. The van der Waals surface area contributed by atoms with Crippen LogP contribution >= 0.6 is 22.6 Å². The van der Waals surface area contributed by atoms with E-state index in [0.717, 1.165) is 6.42 Å². The second-order valence-electron chi connectivity index (χ2n) is 2.53. The smallest absolute Gasteiger partial charge is 0.116 e. The molecule has 0 atom stereocenters. The van der Waals surface area contributed by atoms with E-state index in [2.05, 4.69) is 22.6 Å². The van der Waals surface area contributed by atoms with Crippen LogP contribution in [0.1, 0.15) is 5.56 Å². The van der Waals surface area contributed by atoms with Crippen molar-refractivity contribution in [2.45, 2.75) is 12.5 Å². The van der Waals surface area contributed by atoms with Crippen LogP contribution in [-0.4, -0.2) is 15.3 Å². The molecule has 0 heterocycles. The topological polar surface area (TPSA) is 20.2 Å². The van der Waals surface area contributed by atoms with E-state index in [-0.39, 0.29) is 0 Å². The molecular formula is C8H11IOSi. The van der Waals surface area contributed by atoms with Crippen LogP contribution in [0.3, 0.4) is 0 Å². The Morgan fingerprint density at radius 2 is 2.18 bits per heavy atom. The summed E-state index contributed by atoms with van der Waals surface area (Å²) >= 11 is 2.26. The van der Waals surface area contributed by atoms with E-state index in [1.165, 1.54) is 25.4 Å². The van der Waals surface area contributed by atoms with Gasteiger partial charge in [-0.15, -0.1) is 0 Å². The van der Waals surface area contributed by atoms with Gasteiger partial charge in [-0.05, 0) is 46.7 Å². The standard InChI is InChI=1S/C8H11IOSi/c9-8-5-7(10)2-1-6(8)3-4-11/h1-2,5,10H,3-4H2,11H3. The predicted octanol–water partition coefficient (Wildman–Crippen LogP) is 1.32. The Kier molecular flexibility index (Phi) is 3.38. The molecule has 3 heteroatoms. The van der Waals surface area contributed by atoms with Crippen LogP contribution in [0.4, 0.5) is 0 Å². The highest BCUT2D eigenvalue weighted by molar-refractivity contribution is 14.1. The summed E-state index contributed by atoms with van der Waals surface area (Å²) in [6.45, 7) is 0. The zero-order chi connectivity index (χ0) is 8.27. The molecule has 0 aliphatic heterocycles. The number of phenolic OH excluding ortho intramolecular Hbond substituents is 1. The molecule has 1 N–H and O–H groups in total. The van der Waals surface area contributed by atoms with Crippen LogP contribution in [0.5, 0.6) is 5.75 Å². The molecule has 1 aromatic carbocycles. The van der Waals surface area contributed by atoms with Crippen molar-refractivity contribution >= 4 is 32.8 Å². The minimum absolute atomic E-state index is 0.367. The van der Waals surface area contributed by atoms with Gasteiger partial charge in [0.1, 0.15) is 5.75 Å². The quantitative estimate of drug-likeness (QED) is 0.639. The third-order valence-electron chi connectivity index (χ3n) is 1.56. The van der Waals surface area contributed by atoms with Crippen molar-refractivity contribution in [3.63, 3.8) is 0 Å². The number of rotatable bonds is 2. The van der Waals surface area contributed by atoms with Crippen LogP contribution in [0.2, 0.25) is 6.04 Å². The molecule has 1 rings (SSSR count). The van der Waals surface area contributed by atoms with Crippen LogP contribution in [-0.2, 0) is 6.42 Å². The number of benzene rings is 1. The lowest BCUT2D eigenvalue weighted by molar-refractivity contribution is 0.474. The molecule has 0 radical (unpaired) electrons. The van der Waals surface area contributed by atoms with E-state index in [9.17, 15) is 0 Å². The van der Waals surface area contributed by atoms with E-state index >= 15 is 0 Å². The van der Waals surface area contributed by atoms with E-state index < -0.39 is 0 Å². The molecule has 0 saturated carbocycles. The molecule has 0 spiro atoms. The lowest BCUT2D eigenvalue weighted by Gasteiger charge is -2.01. The molecular weight excluding hydrogens is 267 g/mol. The lowest BCUT2D eigenvalue weighted by Crippen LogP contribution is -1.87. The Hall–Kier alpha value is -0.0331. The van der Waals surface area contributed by atoms with E-state index in [1.807, 2.05) is 12.1 Å². The monoisotopic (exact) mass is 278 g/mol. The molecule has 0 unspecified atom stereocenters. The van der Waals surface area contributed by atoms with Gasteiger partial charge >= 0.3 is 0 Å². The Labute approximate surface area is 83.4 Å². The highest BCUT2D eigenvalue weighted by Crippen LogP contribution is 2.19. The molecule has 1 nitrogen and oxygen atoms in total. The predicted molar refractivity (Wildman–Crippen MR) is 59.3 cm³/mol. The van der Waals surface area contributed by atoms with Gasteiger partial charge in [-0.25, -0.2) is 0 Å². The minimum atomic E-state index is 0.367. The van der Waals surface area contributed by atoms with Gasteiger partial charge in [0.05, 0.1) is 0 Å². The summed E-state index contributed by atoms with van der Waals surface area (Å²) in [5, 5.41) is 9.11. The number of halogens is 1. The summed E-state index contributed by atoms with van der Waals surface area (Å²) in [6.07, 6.45) is 1.16. The van der Waals surface area contributed by atoms with E-state index in [1.54, 1.807) is 6.07 Å². The van der Waals surface area contributed by atoms with Crippen molar-refractivity contribution in [2.75, 3.05) is 0 Å². The second-order valence-corrected chi connectivity index (χ2v) is 4.69. The van der Waals surface area contributed by atoms with Crippen molar-refractivity contribution in [3.8, 4) is 5.75 Å². The maximum Gasteiger partial charge on any atom is 0.116 e. The van der Waals surface area contributed by atoms with Crippen LogP contribution in [0.25, 0.3) is 0 Å².